The fourth-order valence-corrected chi connectivity index (χ4v) is 5.51. The maximum absolute atomic E-state index is 12.8. The fourth-order valence-electron chi connectivity index (χ4n) is 2.85. The van der Waals surface area contributed by atoms with E-state index in [1.54, 1.807) is 4.90 Å². The van der Waals surface area contributed by atoms with Crippen molar-refractivity contribution in [2.24, 2.45) is 0 Å². The number of hydrogen-bond acceptors (Lipinski definition) is 6. The normalized spacial score (nSPS) is 20.8. The summed E-state index contributed by atoms with van der Waals surface area (Å²) < 4.78 is 23.4. The lowest BCUT2D eigenvalue weighted by atomic mass is 10.2. The number of aryl methyl sites for hydroxylation is 2. The number of aromatic nitrogens is 2. The van der Waals surface area contributed by atoms with Gasteiger partial charge in [0.15, 0.2) is 15.0 Å². The quantitative estimate of drug-likeness (QED) is 0.581. The van der Waals surface area contributed by atoms with E-state index in [0.29, 0.717) is 18.1 Å². The van der Waals surface area contributed by atoms with Crippen LogP contribution in [0.3, 0.4) is 0 Å². The van der Waals surface area contributed by atoms with Crippen LogP contribution in [-0.2, 0) is 14.6 Å². The van der Waals surface area contributed by atoms with Gasteiger partial charge in [-0.3, -0.25) is 4.79 Å². The van der Waals surface area contributed by atoms with Crippen LogP contribution in [-0.4, -0.2) is 58.5 Å². The van der Waals surface area contributed by atoms with Gasteiger partial charge in [0.1, 0.15) is 0 Å². The Morgan fingerprint density at radius 1 is 1.29 bits per heavy atom. The van der Waals surface area contributed by atoms with Crippen molar-refractivity contribution in [3.05, 3.63) is 17.0 Å². The number of hydrogen-bond donors (Lipinski definition) is 0. The summed E-state index contributed by atoms with van der Waals surface area (Å²) in [7, 11) is -3.01. The molecule has 1 saturated heterocycles. The Morgan fingerprint density at radius 3 is 2.33 bits per heavy atom. The molecule has 1 aromatic rings. The molecule has 0 N–H and O–H groups in total. The standard InChI is InChI=1S/C16H25N3O3S2/c1-6-19(14-7-8-24(21,22)9-14)15(20)13(5)23-16-17-11(3)10(2)12(4)18-16/h13-14H,6-9H2,1-5H3/t13-,14+/m0/s1. The van der Waals surface area contributed by atoms with Gasteiger partial charge < -0.3 is 4.90 Å². The molecule has 0 aromatic carbocycles. The molecule has 6 nitrogen and oxygen atoms in total. The lowest BCUT2D eigenvalue weighted by Crippen LogP contribution is -2.44. The van der Waals surface area contributed by atoms with Gasteiger partial charge in [0, 0.05) is 24.0 Å². The van der Waals surface area contributed by atoms with Crippen LogP contribution in [0.1, 0.15) is 37.2 Å². The van der Waals surface area contributed by atoms with E-state index in [1.165, 1.54) is 11.8 Å². The Morgan fingerprint density at radius 2 is 1.88 bits per heavy atom. The van der Waals surface area contributed by atoms with E-state index >= 15 is 0 Å². The third-order valence-corrected chi connectivity index (χ3v) is 7.21. The molecule has 2 heterocycles. The van der Waals surface area contributed by atoms with E-state index in [0.717, 1.165) is 17.0 Å². The van der Waals surface area contributed by atoms with Crippen LogP contribution in [0.5, 0.6) is 0 Å². The van der Waals surface area contributed by atoms with Crippen LogP contribution in [0.25, 0.3) is 0 Å². The van der Waals surface area contributed by atoms with Crippen molar-refractivity contribution in [2.75, 3.05) is 18.1 Å². The van der Waals surface area contributed by atoms with Crippen molar-refractivity contribution >= 4 is 27.5 Å². The average molecular weight is 372 g/mol. The zero-order valence-electron chi connectivity index (χ0n) is 14.9. The Balaban J connectivity index is 2.10. The first-order valence-corrected chi connectivity index (χ1v) is 10.8. The monoisotopic (exact) mass is 371 g/mol. The molecule has 2 atom stereocenters. The van der Waals surface area contributed by atoms with E-state index in [1.807, 2.05) is 34.6 Å². The summed E-state index contributed by atoms with van der Waals surface area (Å²) in [6.07, 6.45) is 0.526. The number of thioether (sulfide) groups is 1. The molecule has 1 aliphatic rings. The predicted molar refractivity (Wildman–Crippen MR) is 96.0 cm³/mol. The minimum absolute atomic E-state index is 0.0518. The highest BCUT2D eigenvalue weighted by Gasteiger charge is 2.35. The molecule has 1 fully saturated rings. The molecule has 0 aliphatic carbocycles. The van der Waals surface area contributed by atoms with E-state index in [4.69, 9.17) is 0 Å². The van der Waals surface area contributed by atoms with Crippen molar-refractivity contribution in [1.82, 2.24) is 14.9 Å². The summed E-state index contributed by atoms with van der Waals surface area (Å²) in [4.78, 5) is 23.4. The fraction of sp³-hybridized carbons (Fsp3) is 0.688. The summed E-state index contributed by atoms with van der Waals surface area (Å²) in [6.45, 7) is 10.1. The minimum atomic E-state index is -3.01. The third-order valence-electron chi connectivity index (χ3n) is 4.51. The molecule has 0 bridgehead atoms. The SMILES string of the molecule is CCN(C(=O)[C@H](C)Sc1nc(C)c(C)c(C)n1)[C@@H]1CCS(=O)(=O)C1. The van der Waals surface area contributed by atoms with Gasteiger partial charge in [0.2, 0.25) is 5.91 Å². The molecular weight excluding hydrogens is 346 g/mol. The van der Waals surface area contributed by atoms with Crippen molar-refractivity contribution in [2.45, 2.75) is 57.5 Å². The highest BCUT2D eigenvalue weighted by atomic mass is 32.2. The molecule has 0 unspecified atom stereocenters. The molecule has 1 aromatic heterocycles. The smallest absolute Gasteiger partial charge is 0.236 e. The first kappa shape index (κ1) is 19.2. The first-order chi connectivity index (χ1) is 11.1. The van der Waals surface area contributed by atoms with Crippen molar-refractivity contribution in [1.29, 1.82) is 0 Å². The van der Waals surface area contributed by atoms with Gasteiger partial charge in [0.05, 0.1) is 16.8 Å². The Labute approximate surface area is 148 Å². The van der Waals surface area contributed by atoms with Gasteiger partial charge in [-0.1, -0.05) is 11.8 Å². The number of carbonyl (C=O) groups is 1. The summed E-state index contributed by atoms with van der Waals surface area (Å²) in [5, 5.41) is 0.237. The topological polar surface area (TPSA) is 80.2 Å². The number of carbonyl (C=O) groups excluding carboxylic acids is 1. The summed E-state index contributed by atoms with van der Waals surface area (Å²) in [5.74, 6) is 0.190. The van der Waals surface area contributed by atoms with E-state index in [9.17, 15) is 13.2 Å². The maximum Gasteiger partial charge on any atom is 0.236 e. The summed E-state index contributed by atoms with van der Waals surface area (Å²) >= 11 is 1.33. The second-order valence-electron chi connectivity index (χ2n) is 6.24. The lowest BCUT2D eigenvalue weighted by Gasteiger charge is -2.29. The highest BCUT2D eigenvalue weighted by Crippen LogP contribution is 2.25. The number of sulfone groups is 1. The van der Waals surface area contributed by atoms with Gasteiger partial charge >= 0.3 is 0 Å². The first-order valence-electron chi connectivity index (χ1n) is 8.14. The third kappa shape index (κ3) is 4.27. The average Bonchev–Trinajstić information content (AvgIpc) is 2.85. The zero-order chi connectivity index (χ0) is 18.1. The van der Waals surface area contributed by atoms with Gasteiger partial charge in [-0.05, 0) is 46.6 Å². The van der Waals surface area contributed by atoms with Gasteiger partial charge in [0.25, 0.3) is 0 Å². The van der Waals surface area contributed by atoms with Crippen molar-refractivity contribution < 1.29 is 13.2 Å². The molecule has 8 heteroatoms. The molecule has 1 amide bonds. The molecule has 134 valence electrons. The summed E-state index contributed by atoms with van der Waals surface area (Å²) in [5.41, 5.74) is 2.89. The Bertz CT molecular complexity index is 711. The van der Waals surface area contributed by atoms with Crippen LogP contribution in [0, 0.1) is 20.8 Å². The summed E-state index contributed by atoms with van der Waals surface area (Å²) in [6, 6.07) is -0.210. The Kier molecular flexibility index (Phi) is 5.91. The van der Waals surface area contributed by atoms with Gasteiger partial charge in [-0.25, -0.2) is 18.4 Å². The molecule has 0 saturated carbocycles. The van der Waals surface area contributed by atoms with Crippen LogP contribution in [0.2, 0.25) is 0 Å². The molecule has 24 heavy (non-hydrogen) atoms. The maximum atomic E-state index is 12.8. The van der Waals surface area contributed by atoms with Crippen molar-refractivity contribution in [3.8, 4) is 0 Å². The van der Waals surface area contributed by atoms with E-state index < -0.39 is 9.84 Å². The molecular formula is C16H25N3O3S2. The van der Waals surface area contributed by atoms with Crippen LogP contribution in [0.15, 0.2) is 5.16 Å². The molecule has 2 rings (SSSR count). The number of nitrogens with zero attached hydrogens (tertiary/aromatic N) is 3. The highest BCUT2D eigenvalue weighted by molar-refractivity contribution is 8.00. The molecule has 0 spiro atoms. The van der Waals surface area contributed by atoms with Crippen LogP contribution < -0.4 is 0 Å². The number of rotatable bonds is 5. The second-order valence-corrected chi connectivity index (χ2v) is 9.78. The lowest BCUT2D eigenvalue weighted by molar-refractivity contribution is -0.131. The largest absolute Gasteiger partial charge is 0.338 e. The van der Waals surface area contributed by atoms with E-state index in [2.05, 4.69) is 9.97 Å². The minimum Gasteiger partial charge on any atom is -0.338 e. The molecule has 1 aliphatic heterocycles. The molecule has 0 radical (unpaired) electrons. The van der Waals surface area contributed by atoms with E-state index in [-0.39, 0.29) is 28.7 Å². The van der Waals surface area contributed by atoms with Crippen molar-refractivity contribution in [3.63, 3.8) is 0 Å². The number of amides is 1. The predicted octanol–water partition coefficient (Wildman–Crippen LogP) is 1.92. The second kappa shape index (κ2) is 7.39. The van der Waals surface area contributed by atoms with Crippen LogP contribution in [0.4, 0.5) is 0 Å². The zero-order valence-corrected chi connectivity index (χ0v) is 16.5. The Hall–Kier alpha value is -1.15. The van der Waals surface area contributed by atoms with Gasteiger partial charge in [-0.15, -0.1) is 0 Å². The van der Waals surface area contributed by atoms with Gasteiger partial charge in [-0.2, -0.15) is 0 Å². The van der Waals surface area contributed by atoms with Crippen LogP contribution >= 0.6 is 11.8 Å².